The molecule has 0 aromatic heterocycles. The summed E-state index contributed by atoms with van der Waals surface area (Å²) in [4.78, 5) is 72.6. The number of hydrogen-bond donors (Lipinski definition) is 2. The molecule has 0 aliphatic carbocycles. The van der Waals surface area contributed by atoms with Crippen molar-refractivity contribution in [1.82, 2.24) is 19.6 Å². The van der Waals surface area contributed by atoms with Gasteiger partial charge in [0.2, 0.25) is 5.91 Å². The van der Waals surface area contributed by atoms with Crippen molar-refractivity contribution in [3.63, 3.8) is 0 Å². The second-order valence-electron chi connectivity index (χ2n) is 15.3. The number of benzene rings is 2. The van der Waals surface area contributed by atoms with Gasteiger partial charge in [-0.25, -0.2) is 9.59 Å². The predicted molar refractivity (Wildman–Crippen MR) is 213 cm³/mol. The molecule has 0 spiro atoms. The van der Waals surface area contributed by atoms with Crippen molar-refractivity contribution in [2.75, 3.05) is 57.7 Å². The molecule has 55 heavy (non-hydrogen) atoms. The van der Waals surface area contributed by atoms with Crippen LogP contribution in [0.2, 0.25) is 0 Å². The Hall–Kier alpha value is -4.27. The minimum atomic E-state index is -1.05. The molecule has 5 amide bonds. The van der Waals surface area contributed by atoms with Gasteiger partial charge in [0.05, 0.1) is 17.5 Å². The fourth-order valence-electron chi connectivity index (χ4n) is 8.63. The number of nitrogens with one attached hydrogen (secondary N) is 1. The summed E-state index contributed by atoms with van der Waals surface area (Å²) < 4.78 is 11.5. The molecular weight excluding hydrogens is 769 g/mol. The first-order chi connectivity index (χ1) is 26.5. The highest BCUT2D eigenvalue weighted by molar-refractivity contribution is 9.10. The second kappa shape index (κ2) is 18.6. The van der Waals surface area contributed by atoms with E-state index in [1.807, 2.05) is 45.0 Å². The average Bonchev–Trinajstić information content (AvgIpc) is 3.36. The Balaban J connectivity index is 1.03. The van der Waals surface area contributed by atoms with Gasteiger partial charge in [-0.15, -0.1) is 0 Å². The quantitative estimate of drug-likeness (QED) is 0.272. The number of halogens is 1. The Bertz CT molecular complexity index is 1700. The zero-order valence-corrected chi connectivity index (χ0v) is 33.6. The van der Waals surface area contributed by atoms with E-state index < -0.39 is 12.2 Å². The lowest BCUT2D eigenvalue weighted by molar-refractivity contribution is -0.146. The van der Waals surface area contributed by atoms with Crippen molar-refractivity contribution in [3.8, 4) is 5.75 Å². The smallest absolute Gasteiger partial charge is 0.410 e. The molecule has 0 unspecified atom stereocenters. The lowest BCUT2D eigenvalue weighted by Gasteiger charge is -2.41. The van der Waals surface area contributed by atoms with E-state index in [1.54, 1.807) is 25.7 Å². The molecule has 2 aromatic rings. The van der Waals surface area contributed by atoms with E-state index >= 15 is 0 Å². The molecule has 296 valence electrons. The summed E-state index contributed by atoms with van der Waals surface area (Å²) in [6.45, 7) is 5.93. The number of esters is 1. The van der Waals surface area contributed by atoms with Crippen LogP contribution in [0, 0.1) is 11.8 Å². The van der Waals surface area contributed by atoms with Crippen LogP contribution in [0.3, 0.4) is 0 Å². The van der Waals surface area contributed by atoms with E-state index in [9.17, 15) is 29.1 Å². The number of piperidine rings is 3. The van der Waals surface area contributed by atoms with Crippen molar-refractivity contribution in [2.45, 2.75) is 83.3 Å². The molecule has 0 bridgehead atoms. The van der Waals surface area contributed by atoms with Crippen LogP contribution >= 0.6 is 15.9 Å². The van der Waals surface area contributed by atoms with E-state index in [2.05, 4.69) is 21.2 Å². The van der Waals surface area contributed by atoms with Gasteiger partial charge in [0, 0.05) is 70.4 Å². The number of carbonyl (C=O) groups excluding carboxylic acids is 5. The Kier molecular flexibility index (Phi) is 13.6. The first-order valence-electron chi connectivity index (χ1n) is 19.8. The molecule has 1 atom stereocenters. The highest BCUT2D eigenvalue weighted by atomic mass is 79.9. The number of para-hydroxylation sites is 1. The third-order valence-electron chi connectivity index (χ3n) is 11.8. The van der Waals surface area contributed by atoms with Gasteiger partial charge in [-0.2, -0.15) is 0 Å². The lowest BCUT2D eigenvalue weighted by Crippen LogP contribution is -2.52. The summed E-state index contributed by atoms with van der Waals surface area (Å²) in [5, 5.41) is 13.4. The lowest BCUT2D eigenvalue weighted by atomic mass is 9.78. The second-order valence-corrected chi connectivity index (χ2v) is 16.1. The summed E-state index contributed by atoms with van der Waals surface area (Å²) in [5.74, 6) is 0.426. The normalized spacial score (nSPS) is 19.3. The number of anilines is 1. The number of rotatable bonds is 10. The molecule has 13 nitrogen and oxygen atoms in total. The van der Waals surface area contributed by atoms with Crippen LogP contribution in [-0.4, -0.2) is 127 Å². The summed E-state index contributed by atoms with van der Waals surface area (Å²) in [6, 6.07) is 11.3. The number of phenols is 1. The predicted octanol–water partition coefficient (Wildman–Crippen LogP) is 3.84. The van der Waals surface area contributed by atoms with E-state index in [1.165, 1.54) is 0 Å². The van der Waals surface area contributed by atoms with Gasteiger partial charge >= 0.3 is 18.1 Å². The molecule has 2 N–H and O–H groups in total. The molecule has 0 saturated carbocycles. The molecule has 0 radical (unpaired) electrons. The molecule has 4 aliphatic heterocycles. The number of carbonyl (C=O) groups is 5. The highest BCUT2D eigenvalue weighted by Crippen LogP contribution is 2.34. The third-order valence-corrected chi connectivity index (χ3v) is 12.4. The van der Waals surface area contributed by atoms with Crippen molar-refractivity contribution < 1.29 is 38.6 Å². The maximum atomic E-state index is 14.2. The molecular formula is C40H53BBrN5O8. The van der Waals surface area contributed by atoms with Crippen LogP contribution in [0.4, 0.5) is 15.3 Å². The van der Waals surface area contributed by atoms with E-state index in [0.717, 1.165) is 48.9 Å². The number of phenolic OH excluding ortho intramolecular Hbond substituents is 1. The van der Waals surface area contributed by atoms with Crippen molar-refractivity contribution in [2.24, 2.45) is 11.8 Å². The first kappa shape index (κ1) is 40.4. The fourth-order valence-corrected chi connectivity index (χ4v) is 9.24. The number of urea groups is 1. The Labute approximate surface area is 332 Å². The summed E-state index contributed by atoms with van der Waals surface area (Å²) in [5.41, 5.74) is 3.36. The fraction of sp³-hybridized carbons (Fsp3) is 0.575. The molecule has 4 heterocycles. The maximum Gasteiger partial charge on any atom is 0.410 e. The zero-order valence-electron chi connectivity index (χ0n) is 32.0. The first-order valence-corrected chi connectivity index (χ1v) is 20.6. The van der Waals surface area contributed by atoms with Crippen molar-refractivity contribution in [3.05, 3.63) is 52.0 Å². The SMILES string of the molecule is Bc1cc(C[C@@H](OC(=O)N2CCC(N3CCc4ccccc4NC3=O)CC2)C(=O)N2CCC(C3CCN(C(=O)CCC(=O)OCC)CC3)CC2)cc(Br)c1O. The van der Waals surface area contributed by atoms with Gasteiger partial charge in [-0.1, -0.05) is 24.3 Å². The minimum Gasteiger partial charge on any atom is -0.507 e. The maximum absolute atomic E-state index is 14.2. The van der Waals surface area contributed by atoms with Crippen LogP contribution in [0.25, 0.3) is 0 Å². The number of likely N-dealkylation sites (tertiary alicyclic amines) is 3. The summed E-state index contributed by atoms with van der Waals surface area (Å²) in [7, 11) is 1.79. The Morgan fingerprint density at radius 2 is 1.53 bits per heavy atom. The number of ether oxygens (including phenoxy) is 2. The number of aromatic hydroxyl groups is 1. The van der Waals surface area contributed by atoms with E-state index in [-0.39, 0.29) is 54.9 Å². The minimum absolute atomic E-state index is 0.0103. The van der Waals surface area contributed by atoms with Crippen LogP contribution < -0.4 is 10.8 Å². The molecule has 3 fully saturated rings. The zero-order chi connectivity index (χ0) is 39.1. The van der Waals surface area contributed by atoms with Crippen LogP contribution in [-0.2, 0) is 36.7 Å². The van der Waals surface area contributed by atoms with Gasteiger partial charge in [-0.05, 0) is 108 Å². The van der Waals surface area contributed by atoms with Crippen LogP contribution in [0.5, 0.6) is 5.75 Å². The molecule has 4 aliphatic rings. The van der Waals surface area contributed by atoms with Gasteiger partial charge in [0.25, 0.3) is 5.91 Å². The number of fused-ring (bicyclic) bond motifs is 1. The number of nitrogens with zero attached hydrogens (tertiary/aromatic N) is 4. The number of hydrogen-bond acceptors (Lipinski definition) is 8. The van der Waals surface area contributed by atoms with Crippen molar-refractivity contribution >= 4 is 64.8 Å². The largest absolute Gasteiger partial charge is 0.507 e. The standard InChI is InChI=1S/C40H53BBrN5O8/c1-2-54-36(49)8-7-35(48)44-16-9-27(10-17-44)28-11-18-45(19-12-28)38(51)34(25-26-23-31(41)37(50)32(42)24-26)55-40(53)46-20-14-30(15-21-46)47-22-13-29-5-3-4-6-33(29)43-39(47)52/h3-6,23-24,27-28,30,34,50H,2,7-22,25,41H2,1H3,(H,43,52)/t34-/m1/s1. The van der Waals surface area contributed by atoms with Crippen LogP contribution in [0.15, 0.2) is 40.9 Å². The van der Waals surface area contributed by atoms with Gasteiger partial charge in [-0.3, -0.25) is 14.4 Å². The van der Waals surface area contributed by atoms with Gasteiger partial charge in [0.15, 0.2) is 6.10 Å². The molecule has 3 saturated heterocycles. The van der Waals surface area contributed by atoms with Crippen molar-refractivity contribution in [1.29, 1.82) is 0 Å². The van der Waals surface area contributed by atoms with E-state index in [4.69, 9.17) is 9.47 Å². The topological polar surface area (TPSA) is 149 Å². The molecule has 6 rings (SSSR count). The third kappa shape index (κ3) is 10.1. The van der Waals surface area contributed by atoms with Crippen LogP contribution in [0.1, 0.15) is 69.4 Å². The average molecular weight is 823 g/mol. The summed E-state index contributed by atoms with van der Waals surface area (Å²) >= 11 is 3.41. The Morgan fingerprint density at radius 1 is 0.891 bits per heavy atom. The monoisotopic (exact) mass is 821 g/mol. The Morgan fingerprint density at radius 3 is 2.18 bits per heavy atom. The molecule has 15 heteroatoms. The summed E-state index contributed by atoms with van der Waals surface area (Å²) in [6.07, 6.45) is 4.27. The van der Waals surface area contributed by atoms with Gasteiger partial charge < -0.3 is 39.5 Å². The highest BCUT2D eigenvalue weighted by Gasteiger charge is 2.37. The van der Waals surface area contributed by atoms with Gasteiger partial charge in [0.1, 0.15) is 13.6 Å². The molecule has 2 aromatic carbocycles. The number of amides is 5. The van der Waals surface area contributed by atoms with E-state index in [0.29, 0.717) is 87.0 Å².